The van der Waals surface area contributed by atoms with Gasteiger partial charge in [-0.15, -0.1) is 0 Å². The monoisotopic (exact) mass is 452 g/mol. The van der Waals surface area contributed by atoms with E-state index in [1.54, 1.807) is 0 Å². The van der Waals surface area contributed by atoms with Crippen molar-refractivity contribution in [3.05, 3.63) is 143 Å². The molecule has 0 fully saturated rings. The number of aryl methyl sites for hydroxylation is 2. The van der Waals surface area contributed by atoms with Crippen molar-refractivity contribution in [1.82, 2.24) is 0 Å². The number of rotatable bonds is 1. The first kappa shape index (κ1) is 19.9. The van der Waals surface area contributed by atoms with Crippen molar-refractivity contribution < 1.29 is 0 Å². The quantitative estimate of drug-likeness (QED) is 0.240. The lowest BCUT2D eigenvalue weighted by molar-refractivity contribution is 0.722. The highest BCUT2D eigenvalue weighted by Gasteiger charge is 2.50. The predicted molar refractivity (Wildman–Crippen MR) is 143 cm³/mol. The Kier molecular flexibility index (Phi) is 4.22. The average Bonchev–Trinajstić information content (AvgIpc) is 3.16. The molecule has 162 valence electrons. The molecule has 1 aliphatic heterocycles. The Labute approximate surface area is 205 Å². The van der Waals surface area contributed by atoms with E-state index in [4.69, 9.17) is 0 Å². The van der Waals surface area contributed by atoms with Crippen LogP contribution in [0, 0.1) is 13.8 Å². The Morgan fingerprint density at radius 2 is 1.03 bits per heavy atom. The average molecular weight is 453 g/mol. The van der Waals surface area contributed by atoms with Crippen LogP contribution in [0.1, 0.15) is 33.4 Å². The standard InChI is InChI=1S/C33H24S/c1-21-11-3-4-12-23(21)31-22(2)19-20-29-32(31)34-30-18-10-9-17-28(30)33(29)26-15-7-5-13-24(26)25-14-6-8-16-27(25)33/h3-20H,1-2H3. The summed E-state index contributed by atoms with van der Waals surface area (Å²) in [6, 6.07) is 40.6. The molecule has 1 heteroatoms. The van der Waals surface area contributed by atoms with Gasteiger partial charge in [-0.1, -0.05) is 115 Å². The van der Waals surface area contributed by atoms with Gasteiger partial charge in [-0.25, -0.2) is 0 Å². The zero-order valence-electron chi connectivity index (χ0n) is 19.3. The van der Waals surface area contributed by atoms with Gasteiger partial charge in [0.2, 0.25) is 0 Å². The predicted octanol–water partition coefficient (Wildman–Crippen LogP) is 8.80. The second-order valence-corrected chi connectivity index (χ2v) is 10.4. The lowest BCUT2D eigenvalue weighted by Crippen LogP contribution is -2.32. The summed E-state index contributed by atoms with van der Waals surface area (Å²) in [5.74, 6) is 0. The molecule has 0 atom stereocenters. The molecular formula is C33H24S. The molecule has 0 N–H and O–H groups in total. The fourth-order valence-corrected chi connectivity index (χ4v) is 7.61. The Bertz CT molecular complexity index is 1560. The van der Waals surface area contributed by atoms with Crippen molar-refractivity contribution in [3.8, 4) is 22.3 Å². The minimum atomic E-state index is -0.310. The third-order valence-electron chi connectivity index (χ3n) is 7.64. The first-order valence-corrected chi connectivity index (χ1v) is 12.7. The van der Waals surface area contributed by atoms with E-state index in [0.717, 1.165) is 0 Å². The first-order chi connectivity index (χ1) is 16.7. The normalized spacial score (nSPS) is 14.3. The van der Waals surface area contributed by atoms with Crippen molar-refractivity contribution >= 4 is 11.8 Å². The summed E-state index contributed by atoms with van der Waals surface area (Å²) in [6.45, 7) is 4.48. The van der Waals surface area contributed by atoms with Crippen LogP contribution in [0.25, 0.3) is 22.3 Å². The van der Waals surface area contributed by atoms with Crippen LogP contribution >= 0.6 is 11.8 Å². The Morgan fingerprint density at radius 3 is 1.71 bits per heavy atom. The highest BCUT2D eigenvalue weighted by molar-refractivity contribution is 7.99. The third kappa shape index (κ3) is 2.45. The molecule has 0 radical (unpaired) electrons. The zero-order valence-corrected chi connectivity index (χ0v) is 20.1. The SMILES string of the molecule is Cc1ccccc1-c1c(C)ccc2c1Sc1ccccc1C21c2ccccc2-c2ccccc21. The molecular weight excluding hydrogens is 428 g/mol. The highest BCUT2D eigenvalue weighted by Crippen LogP contribution is 2.63. The van der Waals surface area contributed by atoms with Crippen LogP contribution in [-0.2, 0) is 5.41 Å². The van der Waals surface area contributed by atoms with Gasteiger partial charge >= 0.3 is 0 Å². The molecule has 2 aliphatic rings. The van der Waals surface area contributed by atoms with Gasteiger partial charge in [-0.2, -0.15) is 0 Å². The Morgan fingerprint density at radius 1 is 0.471 bits per heavy atom. The number of benzene rings is 5. The maximum atomic E-state index is 2.40. The molecule has 34 heavy (non-hydrogen) atoms. The van der Waals surface area contributed by atoms with Crippen LogP contribution in [0.15, 0.2) is 119 Å². The zero-order chi connectivity index (χ0) is 22.9. The van der Waals surface area contributed by atoms with Crippen molar-refractivity contribution in [3.63, 3.8) is 0 Å². The summed E-state index contributed by atoms with van der Waals surface area (Å²) in [6.07, 6.45) is 0. The Hall–Kier alpha value is -3.55. The summed E-state index contributed by atoms with van der Waals surface area (Å²) in [5, 5.41) is 0. The molecule has 0 bridgehead atoms. The van der Waals surface area contributed by atoms with Gasteiger partial charge in [0, 0.05) is 9.79 Å². The molecule has 0 nitrogen and oxygen atoms in total. The van der Waals surface area contributed by atoms with E-state index in [1.165, 1.54) is 65.4 Å². The largest absolute Gasteiger partial charge is 0.0887 e. The second-order valence-electron chi connectivity index (χ2n) is 9.39. The molecule has 5 aromatic carbocycles. The third-order valence-corrected chi connectivity index (χ3v) is 8.84. The van der Waals surface area contributed by atoms with Crippen molar-refractivity contribution in [1.29, 1.82) is 0 Å². The fourth-order valence-electron chi connectivity index (χ4n) is 6.21. The summed E-state index contributed by atoms with van der Waals surface area (Å²) in [4.78, 5) is 2.74. The van der Waals surface area contributed by atoms with E-state index < -0.39 is 0 Å². The fraction of sp³-hybridized carbons (Fsp3) is 0.0909. The number of hydrogen-bond acceptors (Lipinski definition) is 1. The van der Waals surface area contributed by atoms with E-state index >= 15 is 0 Å². The lowest BCUT2D eigenvalue weighted by atomic mass is 9.66. The van der Waals surface area contributed by atoms with E-state index in [-0.39, 0.29) is 5.41 Å². The molecule has 0 saturated heterocycles. The summed E-state index contributed by atoms with van der Waals surface area (Å²) in [7, 11) is 0. The highest BCUT2D eigenvalue weighted by atomic mass is 32.2. The van der Waals surface area contributed by atoms with Crippen molar-refractivity contribution in [2.75, 3.05) is 0 Å². The topological polar surface area (TPSA) is 0 Å². The van der Waals surface area contributed by atoms with Gasteiger partial charge in [0.25, 0.3) is 0 Å². The minimum absolute atomic E-state index is 0.310. The smallest absolute Gasteiger partial charge is 0.0735 e. The van der Waals surface area contributed by atoms with Crippen LogP contribution < -0.4 is 0 Å². The molecule has 7 rings (SSSR count). The van der Waals surface area contributed by atoms with Crippen LogP contribution in [-0.4, -0.2) is 0 Å². The van der Waals surface area contributed by atoms with Crippen LogP contribution in [0.4, 0.5) is 0 Å². The molecule has 1 aliphatic carbocycles. The van der Waals surface area contributed by atoms with Gasteiger partial charge in [0.1, 0.15) is 0 Å². The van der Waals surface area contributed by atoms with Crippen molar-refractivity contribution in [2.45, 2.75) is 29.1 Å². The lowest BCUT2D eigenvalue weighted by Gasteiger charge is -2.40. The van der Waals surface area contributed by atoms with Gasteiger partial charge in [0.05, 0.1) is 5.41 Å². The molecule has 5 aromatic rings. The minimum Gasteiger partial charge on any atom is -0.0887 e. The van der Waals surface area contributed by atoms with E-state index in [1.807, 2.05) is 11.8 Å². The van der Waals surface area contributed by atoms with Crippen molar-refractivity contribution in [2.24, 2.45) is 0 Å². The maximum absolute atomic E-state index is 2.40. The summed E-state index contributed by atoms with van der Waals surface area (Å²) < 4.78 is 0. The number of hydrogen-bond donors (Lipinski definition) is 0. The summed E-state index contributed by atoms with van der Waals surface area (Å²) >= 11 is 1.94. The van der Waals surface area contributed by atoms with Crippen LogP contribution in [0.5, 0.6) is 0 Å². The van der Waals surface area contributed by atoms with E-state index in [2.05, 4.69) is 123 Å². The van der Waals surface area contributed by atoms with E-state index in [0.29, 0.717) is 0 Å². The molecule has 0 amide bonds. The first-order valence-electron chi connectivity index (χ1n) is 11.9. The Balaban J connectivity index is 1.68. The molecule has 0 unspecified atom stereocenters. The van der Waals surface area contributed by atoms with Gasteiger partial charge < -0.3 is 0 Å². The number of fused-ring (bicyclic) bond motifs is 9. The van der Waals surface area contributed by atoms with Gasteiger partial charge in [-0.3, -0.25) is 0 Å². The molecule has 0 saturated carbocycles. The van der Waals surface area contributed by atoms with Crippen LogP contribution in [0.2, 0.25) is 0 Å². The van der Waals surface area contributed by atoms with Crippen LogP contribution in [0.3, 0.4) is 0 Å². The molecule has 1 heterocycles. The van der Waals surface area contributed by atoms with E-state index in [9.17, 15) is 0 Å². The summed E-state index contributed by atoms with van der Waals surface area (Å²) in [5.41, 5.74) is 13.3. The maximum Gasteiger partial charge on any atom is 0.0735 e. The molecule has 0 aromatic heterocycles. The van der Waals surface area contributed by atoms with Gasteiger partial charge in [-0.05, 0) is 75.5 Å². The second kappa shape index (κ2) is 7.22. The van der Waals surface area contributed by atoms with Gasteiger partial charge in [0.15, 0.2) is 0 Å². The molecule has 1 spiro atoms.